The molecule has 5 rings (SSSR count). The van der Waals surface area contributed by atoms with Gasteiger partial charge in [-0.05, 0) is 43.2 Å². The van der Waals surface area contributed by atoms with Crippen molar-refractivity contribution in [2.75, 3.05) is 16.4 Å². The van der Waals surface area contributed by atoms with Gasteiger partial charge in [0.25, 0.3) is 11.7 Å². The van der Waals surface area contributed by atoms with Crippen molar-refractivity contribution in [3.8, 4) is 11.5 Å². The molecule has 2 aromatic carbocycles. The molecule has 1 fully saturated rings. The van der Waals surface area contributed by atoms with Crippen LogP contribution in [0.3, 0.4) is 0 Å². The summed E-state index contributed by atoms with van der Waals surface area (Å²) in [6.07, 6.45) is 3.99. The molecule has 0 unspecified atom stereocenters. The van der Waals surface area contributed by atoms with Gasteiger partial charge in [0.1, 0.15) is 0 Å². The summed E-state index contributed by atoms with van der Waals surface area (Å²) in [6.45, 7) is 0. The highest BCUT2D eigenvalue weighted by Crippen LogP contribution is 2.47. The monoisotopic (exact) mass is 382 g/mol. The summed E-state index contributed by atoms with van der Waals surface area (Å²) in [5.74, 6) is 0.988. The second kappa shape index (κ2) is 6.20. The molecule has 2 heterocycles. The number of thioether (sulfide) groups is 1. The number of carbonyl (C=O) groups excluding carboxylic acids is 2. The zero-order valence-corrected chi connectivity index (χ0v) is 15.4. The molecule has 138 valence electrons. The smallest absolute Gasteiger partial charge is 0.255 e. The second-order valence-corrected chi connectivity index (χ2v) is 8.00. The first-order chi connectivity index (χ1) is 13.1. The third kappa shape index (κ3) is 3.02. The molecule has 3 aliphatic rings. The highest BCUT2D eigenvalue weighted by molar-refractivity contribution is 8.00. The van der Waals surface area contributed by atoms with Crippen molar-refractivity contribution in [1.29, 1.82) is 0 Å². The van der Waals surface area contributed by atoms with E-state index in [0.29, 0.717) is 28.4 Å². The molecule has 0 atom stereocenters. The Morgan fingerprint density at radius 3 is 2.74 bits per heavy atom. The van der Waals surface area contributed by atoms with Gasteiger partial charge >= 0.3 is 0 Å². The highest BCUT2D eigenvalue weighted by atomic mass is 32.2. The van der Waals surface area contributed by atoms with Gasteiger partial charge in [-0.15, -0.1) is 11.8 Å². The number of nitrogens with one attached hydrogen (secondary N) is 2. The molecule has 6 nitrogen and oxygen atoms in total. The SMILES string of the molecule is O=C1CSc2ccc(C(=O)Nc3ccc4c(c3)OC3(CCCC3)O4)cc2N1. The van der Waals surface area contributed by atoms with Crippen LogP contribution >= 0.6 is 11.8 Å². The maximum absolute atomic E-state index is 12.6. The van der Waals surface area contributed by atoms with Crippen LogP contribution in [0.5, 0.6) is 11.5 Å². The molecule has 2 N–H and O–H groups in total. The van der Waals surface area contributed by atoms with Crippen LogP contribution in [0.4, 0.5) is 11.4 Å². The number of fused-ring (bicyclic) bond motifs is 2. The number of rotatable bonds is 2. The highest BCUT2D eigenvalue weighted by Gasteiger charge is 2.44. The number of anilines is 2. The normalized spacial score (nSPS) is 18.9. The van der Waals surface area contributed by atoms with Crippen molar-refractivity contribution in [2.24, 2.45) is 0 Å². The Labute approximate surface area is 160 Å². The Kier molecular flexibility index (Phi) is 3.79. The molecule has 2 aliphatic heterocycles. The maximum Gasteiger partial charge on any atom is 0.255 e. The minimum atomic E-state index is -0.515. The number of ether oxygens (including phenoxy) is 2. The summed E-state index contributed by atoms with van der Waals surface area (Å²) >= 11 is 1.47. The van der Waals surface area contributed by atoms with E-state index in [0.717, 1.165) is 36.3 Å². The van der Waals surface area contributed by atoms with Crippen molar-refractivity contribution in [3.05, 3.63) is 42.0 Å². The lowest BCUT2D eigenvalue weighted by atomic mass is 10.1. The standard InChI is InChI=1S/C20H18N2O4S/c23-18-11-27-17-6-3-12(9-14(17)22-18)19(24)21-13-4-5-15-16(10-13)26-20(25-15)7-1-2-8-20/h3-6,9-10H,1-2,7-8,11H2,(H,21,24)(H,22,23). The average molecular weight is 382 g/mol. The molecule has 0 saturated heterocycles. The van der Waals surface area contributed by atoms with Gasteiger partial charge in [0.05, 0.1) is 11.4 Å². The van der Waals surface area contributed by atoms with Gasteiger partial charge in [-0.25, -0.2) is 0 Å². The van der Waals surface area contributed by atoms with Gasteiger partial charge in [0.2, 0.25) is 5.91 Å². The van der Waals surface area contributed by atoms with Gasteiger partial charge in [-0.2, -0.15) is 0 Å². The molecule has 0 aromatic heterocycles. The maximum atomic E-state index is 12.6. The van der Waals surface area contributed by atoms with Crippen LogP contribution in [0.1, 0.15) is 36.0 Å². The molecular weight excluding hydrogens is 364 g/mol. The van der Waals surface area contributed by atoms with Crippen LogP contribution < -0.4 is 20.1 Å². The van der Waals surface area contributed by atoms with E-state index in [1.807, 2.05) is 18.2 Å². The van der Waals surface area contributed by atoms with Crippen LogP contribution in [0.15, 0.2) is 41.3 Å². The lowest BCUT2D eigenvalue weighted by Crippen LogP contribution is -2.34. The predicted octanol–water partition coefficient (Wildman–Crippen LogP) is 4.02. The molecule has 1 saturated carbocycles. The molecule has 0 radical (unpaired) electrons. The quantitative estimate of drug-likeness (QED) is 0.820. The Morgan fingerprint density at radius 2 is 1.89 bits per heavy atom. The third-order valence-corrected chi connectivity index (χ3v) is 6.11. The third-order valence-electron chi connectivity index (χ3n) is 5.03. The lowest BCUT2D eigenvalue weighted by molar-refractivity contribution is -0.113. The van der Waals surface area contributed by atoms with Crippen molar-refractivity contribution in [1.82, 2.24) is 0 Å². The molecule has 2 amide bonds. The van der Waals surface area contributed by atoms with Gasteiger partial charge < -0.3 is 20.1 Å². The van der Waals surface area contributed by atoms with Gasteiger partial charge in [-0.3, -0.25) is 9.59 Å². The fourth-order valence-electron chi connectivity index (χ4n) is 3.72. The second-order valence-electron chi connectivity index (χ2n) is 6.99. The minimum Gasteiger partial charge on any atom is -0.448 e. The molecule has 7 heteroatoms. The van der Waals surface area contributed by atoms with Crippen LogP contribution in [0.2, 0.25) is 0 Å². The first-order valence-electron chi connectivity index (χ1n) is 9.00. The molecular formula is C20H18N2O4S. The van der Waals surface area contributed by atoms with E-state index in [9.17, 15) is 9.59 Å². The number of carbonyl (C=O) groups is 2. The van der Waals surface area contributed by atoms with Crippen LogP contribution in [0, 0.1) is 0 Å². The Bertz CT molecular complexity index is 953. The molecule has 1 spiro atoms. The van der Waals surface area contributed by atoms with Crippen LogP contribution in [0.25, 0.3) is 0 Å². The van der Waals surface area contributed by atoms with E-state index >= 15 is 0 Å². The summed E-state index contributed by atoms with van der Waals surface area (Å²) in [5, 5.41) is 5.70. The summed E-state index contributed by atoms with van der Waals surface area (Å²) in [5.41, 5.74) is 1.81. The topological polar surface area (TPSA) is 76.7 Å². The average Bonchev–Trinajstić information content (AvgIpc) is 3.26. The van der Waals surface area contributed by atoms with Crippen molar-refractivity contribution in [2.45, 2.75) is 36.4 Å². The molecule has 0 bridgehead atoms. The van der Waals surface area contributed by atoms with Crippen molar-refractivity contribution >= 4 is 35.0 Å². The predicted molar refractivity (Wildman–Crippen MR) is 103 cm³/mol. The first kappa shape index (κ1) is 16.5. The largest absolute Gasteiger partial charge is 0.448 e. The van der Waals surface area contributed by atoms with Gasteiger partial charge in [0, 0.05) is 35.1 Å². The van der Waals surface area contributed by atoms with E-state index in [2.05, 4.69) is 10.6 Å². The minimum absolute atomic E-state index is 0.0540. The zero-order chi connectivity index (χ0) is 18.4. The number of amides is 2. The molecule has 27 heavy (non-hydrogen) atoms. The van der Waals surface area contributed by atoms with E-state index in [4.69, 9.17) is 9.47 Å². The molecule has 2 aromatic rings. The summed E-state index contributed by atoms with van der Waals surface area (Å²) in [4.78, 5) is 25.2. The van der Waals surface area contributed by atoms with Crippen molar-refractivity contribution < 1.29 is 19.1 Å². The Balaban J connectivity index is 1.34. The molecule has 1 aliphatic carbocycles. The Hall–Kier alpha value is -2.67. The van der Waals surface area contributed by atoms with Gasteiger partial charge in [-0.1, -0.05) is 0 Å². The van der Waals surface area contributed by atoms with E-state index in [-0.39, 0.29) is 11.8 Å². The summed E-state index contributed by atoms with van der Waals surface area (Å²) < 4.78 is 12.0. The van der Waals surface area contributed by atoms with Crippen molar-refractivity contribution in [3.63, 3.8) is 0 Å². The van der Waals surface area contributed by atoms with Crippen LogP contribution in [-0.4, -0.2) is 23.4 Å². The summed E-state index contributed by atoms with van der Waals surface area (Å²) in [6, 6.07) is 10.8. The Morgan fingerprint density at radius 1 is 1.07 bits per heavy atom. The van der Waals surface area contributed by atoms with Gasteiger partial charge in [0.15, 0.2) is 11.5 Å². The fraction of sp³-hybridized carbons (Fsp3) is 0.300. The number of benzene rings is 2. The van der Waals surface area contributed by atoms with Crippen LogP contribution in [-0.2, 0) is 4.79 Å². The summed E-state index contributed by atoms with van der Waals surface area (Å²) in [7, 11) is 0. The number of hydrogen-bond donors (Lipinski definition) is 2. The zero-order valence-electron chi connectivity index (χ0n) is 14.5. The first-order valence-corrected chi connectivity index (χ1v) is 9.99. The number of hydrogen-bond acceptors (Lipinski definition) is 5. The van der Waals surface area contributed by atoms with E-state index in [1.165, 1.54) is 11.8 Å². The van der Waals surface area contributed by atoms with E-state index < -0.39 is 5.79 Å². The lowest BCUT2D eigenvalue weighted by Gasteiger charge is -2.21. The fourth-order valence-corrected chi connectivity index (χ4v) is 4.51. The van der Waals surface area contributed by atoms with E-state index in [1.54, 1.807) is 18.2 Å².